The first-order chi connectivity index (χ1) is 11.5. The number of amides is 1. The second-order valence-corrected chi connectivity index (χ2v) is 6.09. The van der Waals surface area contributed by atoms with Crippen LogP contribution in [0.25, 0.3) is 5.69 Å². The Morgan fingerprint density at radius 3 is 2.54 bits per heavy atom. The molecule has 0 aliphatic carbocycles. The van der Waals surface area contributed by atoms with E-state index in [1.165, 1.54) is 6.33 Å². The highest BCUT2D eigenvalue weighted by Gasteiger charge is 2.14. The second-order valence-electron chi connectivity index (χ2n) is 5.25. The molecule has 0 aliphatic rings. The Hall–Kier alpha value is -2.37. The third kappa shape index (κ3) is 3.58. The highest BCUT2D eigenvalue weighted by molar-refractivity contribution is 6.36. The first-order valence-corrected chi connectivity index (χ1v) is 8.01. The lowest BCUT2D eigenvalue weighted by molar-refractivity contribution is 0.0940. The Balaban J connectivity index is 1.72. The molecule has 1 atom stereocenters. The summed E-state index contributed by atoms with van der Waals surface area (Å²) in [5.41, 5.74) is 2.26. The van der Waals surface area contributed by atoms with Gasteiger partial charge in [0.1, 0.15) is 12.7 Å². The van der Waals surface area contributed by atoms with E-state index in [0.717, 1.165) is 11.3 Å². The maximum Gasteiger partial charge on any atom is 0.253 e. The number of aromatic nitrogens is 3. The van der Waals surface area contributed by atoms with Crippen molar-refractivity contribution < 1.29 is 4.79 Å². The zero-order valence-corrected chi connectivity index (χ0v) is 14.3. The lowest BCUT2D eigenvalue weighted by Gasteiger charge is -2.15. The SMILES string of the molecule is CC(NC(=O)c1ccc(Cl)cc1Cl)c1ccc(-n2cncn2)cc1. The summed E-state index contributed by atoms with van der Waals surface area (Å²) in [6, 6.07) is 12.3. The number of hydrogen-bond acceptors (Lipinski definition) is 3. The van der Waals surface area contributed by atoms with E-state index >= 15 is 0 Å². The minimum atomic E-state index is -0.246. The number of halogens is 2. The molecule has 1 heterocycles. The van der Waals surface area contributed by atoms with Crippen LogP contribution in [0.2, 0.25) is 10.0 Å². The van der Waals surface area contributed by atoms with Crippen LogP contribution < -0.4 is 5.32 Å². The van der Waals surface area contributed by atoms with Gasteiger partial charge >= 0.3 is 0 Å². The van der Waals surface area contributed by atoms with Crippen LogP contribution in [0.5, 0.6) is 0 Å². The molecule has 1 N–H and O–H groups in total. The summed E-state index contributed by atoms with van der Waals surface area (Å²) in [5.74, 6) is -0.246. The predicted octanol–water partition coefficient (Wildman–Crippen LogP) is 4.07. The lowest BCUT2D eigenvalue weighted by atomic mass is 10.1. The molecule has 1 aromatic heterocycles. The summed E-state index contributed by atoms with van der Waals surface area (Å²) in [7, 11) is 0. The molecule has 1 amide bonds. The van der Waals surface area contributed by atoms with E-state index in [0.29, 0.717) is 15.6 Å². The molecule has 24 heavy (non-hydrogen) atoms. The van der Waals surface area contributed by atoms with Gasteiger partial charge in [-0.3, -0.25) is 4.79 Å². The van der Waals surface area contributed by atoms with Gasteiger partial charge in [0.2, 0.25) is 0 Å². The van der Waals surface area contributed by atoms with Gasteiger partial charge in [0, 0.05) is 5.02 Å². The fraction of sp³-hybridized carbons (Fsp3) is 0.118. The molecule has 0 saturated heterocycles. The van der Waals surface area contributed by atoms with Gasteiger partial charge in [0.25, 0.3) is 5.91 Å². The fourth-order valence-electron chi connectivity index (χ4n) is 2.29. The van der Waals surface area contributed by atoms with E-state index < -0.39 is 0 Å². The predicted molar refractivity (Wildman–Crippen MR) is 93.7 cm³/mol. The van der Waals surface area contributed by atoms with Crippen LogP contribution in [0, 0.1) is 0 Å². The monoisotopic (exact) mass is 360 g/mol. The fourth-order valence-corrected chi connectivity index (χ4v) is 2.78. The molecule has 0 fully saturated rings. The van der Waals surface area contributed by atoms with Gasteiger partial charge in [-0.1, -0.05) is 35.3 Å². The van der Waals surface area contributed by atoms with Crippen molar-refractivity contribution in [2.45, 2.75) is 13.0 Å². The molecule has 7 heteroatoms. The molecule has 0 spiro atoms. The molecule has 1 unspecified atom stereocenters. The van der Waals surface area contributed by atoms with Crippen molar-refractivity contribution in [3.8, 4) is 5.69 Å². The lowest BCUT2D eigenvalue weighted by Crippen LogP contribution is -2.26. The van der Waals surface area contributed by atoms with Crippen LogP contribution in [0.4, 0.5) is 0 Å². The molecule has 0 bridgehead atoms. The number of benzene rings is 2. The van der Waals surface area contributed by atoms with E-state index in [4.69, 9.17) is 23.2 Å². The van der Waals surface area contributed by atoms with Gasteiger partial charge in [-0.15, -0.1) is 0 Å². The van der Waals surface area contributed by atoms with Gasteiger partial charge < -0.3 is 5.32 Å². The van der Waals surface area contributed by atoms with E-state index in [-0.39, 0.29) is 11.9 Å². The summed E-state index contributed by atoms with van der Waals surface area (Å²) in [4.78, 5) is 16.3. The largest absolute Gasteiger partial charge is 0.345 e. The van der Waals surface area contributed by atoms with Crippen molar-refractivity contribution in [3.05, 3.63) is 76.3 Å². The van der Waals surface area contributed by atoms with Crippen molar-refractivity contribution >= 4 is 29.1 Å². The number of nitrogens with zero attached hydrogens (tertiary/aromatic N) is 3. The molecule has 0 radical (unpaired) electrons. The van der Waals surface area contributed by atoms with Gasteiger partial charge in [-0.25, -0.2) is 9.67 Å². The van der Waals surface area contributed by atoms with Gasteiger partial charge in [-0.05, 0) is 42.8 Å². The zero-order chi connectivity index (χ0) is 17.1. The number of nitrogens with one attached hydrogen (secondary N) is 1. The number of rotatable bonds is 4. The highest BCUT2D eigenvalue weighted by atomic mass is 35.5. The molecule has 0 saturated carbocycles. The average molecular weight is 361 g/mol. The number of hydrogen-bond donors (Lipinski definition) is 1. The summed E-state index contributed by atoms with van der Waals surface area (Å²) in [6.07, 6.45) is 3.11. The normalized spacial score (nSPS) is 12.0. The highest BCUT2D eigenvalue weighted by Crippen LogP contribution is 2.22. The van der Waals surface area contributed by atoms with Gasteiger partial charge in [0.15, 0.2) is 0 Å². The standard InChI is InChI=1S/C17H14Cl2N4O/c1-11(22-17(24)15-7-4-13(18)8-16(15)19)12-2-5-14(6-3-12)23-10-20-9-21-23/h2-11H,1H3,(H,22,24). The van der Waals surface area contributed by atoms with E-state index in [1.807, 2.05) is 31.2 Å². The van der Waals surface area contributed by atoms with E-state index in [9.17, 15) is 4.79 Å². The molecule has 0 aliphatic heterocycles. The number of carbonyl (C=O) groups excluding carboxylic acids is 1. The third-order valence-corrected chi connectivity index (χ3v) is 4.15. The Labute approximate surface area is 149 Å². The first kappa shape index (κ1) is 16.5. The molecular weight excluding hydrogens is 347 g/mol. The van der Waals surface area contributed by atoms with Crippen LogP contribution in [0.1, 0.15) is 28.9 Å². The van der Waals surface area contributed by atoms with Gasteiger partial charge in [-0.2, -0.15) is 5.10 Å². The van der Waals surface area contributed by atoms with Crippen molar-refractivity contribution in [1.29, 1.82) is 0 Å². The van der Waals surface area contributed by atoms with Crippen LogP contribution >= 0.6 is 23.2 Å². The second kappa shape index (κ2) is 7.03. The van der Waals surface area contributed by atoms with E-state index in [1.54, 1.807) is 29.2 Å². The summed E-state index contributed by atoms with van der Waals surface area (Å²) < 4.78 is 1.67. The van der Waals surface area contributed by atoms with Crippen LogP contribution in [-0.4, -0.2) is 20.7 Å². The van der Waals surface area contributed by atoms with Crippen molar-refractivity contribution in [2.75, 3.05) is 0 Å². The van der Waals surface area contributed by atoms with Gasteiger partial charge in [0.05, 0.1) is 22.3 Å². The Morgan fingerprint density at radius 1 is 1.17 bits per heavy atom. The van der Waals surface area contributed by atoms with Crippen LogP contribution in [0.3, 0.4) is 0 Å². The summed E-state index contributed by atoms with van der Waals surface area (Å²) in [5, 5.41) is 7.82. The smallest absolute Gasteiger partial charge is 0.253 e. The Morgan fingerprint density at radius 2 is 1.92 bits per heavy atom. The maximum absolute atomic E-state index is 12.4. The molecule has 122 valence electrons. The summed E-state index contributed by atoms with van der Waals surface area (Å²) in [6.45, 7) is 1.91. The minimum Gasteiger partial charge on any atom is -0.345 e. The Bertz CT molecular complexity index is 848. The summed E-state index contributed by atoms with van der Waals surface area (Å²) >= 11 is 11.9. The Kier molecular flexibility index (Phi) is 4.83. The van der Waals surface area contributed by atoms with E-state index in [2.05, 4.69) is 15.4 Å². The maximum atomic E-state index is 12.4. The molecule has 3 rings (SSSR count). The minimum absolute atomic E-state index is 0.172. The third-order valence-electron chi connectivity index (χ3n) is 3.60. The molecule has 3 aromatic rings. The van der Waals surface area contributed by atoms with Crippen molar-refractivity contribution in [1.82, 2.24) is 20.1 Å². The quantitative estimate of drug-likeness (QED) is 0.762. The first-order valence-electron chi connectivity index (χ1n) is 7.25. The topological polar surface area (TPSA) is 59.8 Å². The number of carbonyl (C=O) groups is 1. The van der Waals surface area contributed by atoms with Crippen LogP contribution in [0.15, 0.2) is 55.1 Å². The average Bonchev–Trinajstić information content (AvgIpc) is 3.09. The van der Waals surface area contributed by atoms with Crippen LogP contribution in [-0.2, 0) is 0 Å². The van der Waals surface area contributed by atoms with Crippen molar-refractivity contribution in [3.63, 3.8) is 0 Å². The van der Waals surface area contributed by atoms with Crippen molar-refractivity contribution in [2.24, 2.45) is 0 Å². The molecule has 2 aromatic carbocycles. The zero-order valence-electron chi connectivity index (χ0n) is 12.8. The molecule has 5 nitrogen and oxygen atoms in total. The molecular formula is C17H14Cl2N4O.